The number of aromatic amines is 1. The van der Waals surface area contributed by atoms with Crippen LogP contribution in [-0.2, 0) is 13.0 Å². The van der Waals surface area contributed by atoms with Gasteiger partial charge in [-0.1, -0.05) is 6.07 Å². The Balaban J connectivity index is 1.19. The largest absolute Gasteiger partial charge is 0.393 e. The van der Waals surface area contributed by atoms with E-state index in [1.807, 2.05) is 12.1 Å². The van der Waals surface area contributed by atoms with Gasteiger partial charge in [0.1, 0.15) is 22.4 Å². The van der Waals surface area contributed by atoms with Crippen LogP contribution in [0.5, 0.6) is 0 Å². The molecule has 2 N–H and O–H groups in total. The number of benzene rings is 1. The summed E-state index contributed by atoms with van der Waals surface area (Å²) in [7, 11) is 1.72. The molecule has 2 aliphatic heterocycles. The SMILES string of the molecule is CNc1nc(N2CC3CN(Cc4ccc5[nH]c(C#N)cc5c4C)CC3C2)c2cc(CC(F)(F)F)sc2n1. The molecule has 0 bridgehead atoms. The van der Waals surface area contributed by atoms with Crippen LogP contribution < -0.4 is 10.2 Å². The number of H-pyrrole nitrogens is 1. The van der Waals surface area contributed by atoms with Gasteiger partial charge in [0.25, 0.3) is 0 Å². The van der Waals surface area contributed by atoms with Gasteiger partial charge >= 0.3 is 6.18 Å². The third kappa shape index (κ3) is 4.49. The molecule has 2 saturated heterocycles. The predicted octanol–water partition coefficient (Wildman–Crippen LogP) is 5.07. The fraction of sp³-hybridized carbons (Fsp3) is 0.423. The first-order valence-corrected chi connectivity index (χ1v) is 13.1. The molecule has 3 aromatic heterocycles. The summed E-state index contributed by atoms with van der Waals surface area (Å²) in [5.41, 5.74) is 4.02. The number of thiophene rings is 1. The Morgan fingerprint density at radius 2 is 1.89 bits per heavy atom. The van der Waals surface area contributed by atoms with Crippen LogP contribution in [0.4, 0.5) is 24.9 Å². The maximum atomic E-state index is 13.0. The maximum Gasteiger partial charge on any atom is 0.393 e. The Bertz CT molecular complexity index is 1520. The van der Waals surface area contributed by atoms with Gasteiger partial charge in [0.15, 0.2) is 0 Å². The standard InChI is InChI=1S/C26H26F3N7S/c1-14-15(3-4-22-20(14)5-18(8-30)32-22)9-35-10-16-12-36(13-17(16)11-35)23-21-6-19(7-26(27,28)29)37-24(21)34-25(31-2)33-23/h3-6,16-17,32H,7,9-13H2,1-2H3,(H,31,33,34). The van der Waals surface area contributed by atoms with Gasteiger partial charge in [-0.25, -0.2) is 4.98 Å². The lowest BCUT2D eigenvalue weighted by Crippen LogP contribution is -2.29. The van der Waals surface area contributed by atoms with Gasteiger partial charge < -0.3 is 15.2 Å². The summed E-state index contributed by atoms with van der Waals surface area (Å²) in [6.07, 6.45) is -5.20. The van der Waals surface area contributed by atoms with E-state index in [9.17, 15) is 18.4 Å². The molecule has 192 valence electrons. The quantitative estimate of drug-likeness (QED) is 0.379. The average Bonchev–Trinajstić information content (AvgIpc) is 3.60. The number of rotatable bonds is 5. The summed E-state index contributed by atoms with van der Waals surface area (Å²) < 4.78 is 39.0. The van der Waals surface area contributed by atoms with Crippen LogP contribution in [0.2, 0.25) is 0 Å². The predicted molar refractivity (Wildman–Crippen MR) is 139 cm³/mol. The van der Waals surface area contributed by atoms with Crippen LogP contribution in [0.3, 0.4) is 0 Å². The number of hydrogen-bond donors (Lipinski definition) is 2. The highest BCUT2D eigenvalue weighted by molar-refractivity contribution is 7.18. The molecular formula is C26H26F3N7S. The smallest absolute Gasteiger partial charge is 0.357 e. The molecule has 2 unspecified atom stereocenters. The van der Waals surface area contributed by atoms with E-state index >= 15 is 0 Å². The minimum Gasteiger partial charge on any atom is -0.357 e. The van der Waals surface area contributed by atoms with Gasteiger partial charge in [0.05, 0.1) is 11.8 Å². The zero-order valence-electron chi connectivity index (χ0n) is 20.5. The van der Waals surface area contributed by atoms with E-state index in [4.69, 9.17) is 0 Å². The molecule has 2 fully saturated rings. The zero-order chi connectivity index (χ0) is 25.9. The first kappa shape index (κ1) is 24.0. The number of alkyl halides is 3. The molecule has 6 rings (SSSR count). The molecule has 0 radical (unpaired) electrons. The van der Waals surface area contributed by atoms with E-state index in [2.05, 4.69) is 49.1 Å². The van der Waals surface area contributed by atoms with Crippen LogP contribution in [0.25, 0.3) is 21.1 Å². The Kier molecular flexibility index (Phi) is 5.76. The normalized spacial score (nSPS) is 20.2. The minimum absolute atomic E-state index is 0.258. The van der Waals surface area contributed by atoms with E-state index in [0.29, 0.717) is 33.7 Å². The fourth-order valence-electron chi connectivity index (χ4n) is 5.85. The Morgan fingerprint density at radius 3 is 2.57 bits per heavy atom. The summed E-state index contributed by atoms with van der Waals surface area (Å²) in [6, 6.07) is 9.89. The van der Waals surface area contributed by atoms with E-state index in [-0.39, 0.29) is 4.88 Å². The molecule has 2 aliphatic rings. The lowest BCUT2D eigenvalue weighted by molar-refractivity contribution is -0.126. The Hall–Kier alpha value is -3.36. The first-order chi connectivity index (χ1) is 17.7. The van der Waals surface area contributed by atoms with E-state index in [1.165, 1.54) is 11.1 Å². The number of nitrogens with zero attached hydrogens (tertiary/aromatic N) is 5. The average molecular weight is 526 g/mol. The van der Waals surface area contributed by atoms with Gasteiger partial charge in [-0.05, 0) is 48.1 Å². The van der Waals surface area contributed by atoms with Crippen molar-refractivity contribution in [2.75, 3.05) is 43.4 Å². The van der Waals surface area contributed by atoms with Crippen LogP contribution in [0, 0.1) is 30.1 Å². The number of fused-ring (bicyclic) bond motifs is 3. The topological polar surface area (TPSA) is 83.9 Å². The van der Waals surface area contributed by atoms with Crippen molar-refractivity contribution in [1.29, 1.82) is 5.26 Å². The number of nitrogens with one attached hydrogen (secondary N) is 2. The highest BCUT2D eigenvalue weighted by atomic mass is 32.1. The second-order valence-corrected chi connectivity index (χ2v) is 11.2. The molecule has 0 aliphatic carbocycles. The van der Waals surface area contributed by atoms with Crippen molar-refractivity contribution in [3.05, 3.63) is 46.0 Å². The van der Waals surface area contributed by atoms with Gasteiger partial charge in [-0.2, -0.15) is 23.4 Å². The molecule has 2 atom stereocenters. The maximum absolute atomic E-state index is 13.0. The van der Waals surface area contributed by atoms with Crippen molar-refractivity contribution in [3.8, 4) is 6.07 Å². The Labute approximate surface area is 215 Å². The second-order valence-electron chi connectivity index (χ2n) is 10.1. The van der Waals surface area contributed by atoms with E-state index in [0.717, 1.165) is 60.8 Å². The van der Waals surface area contributed by atoms with Crippen LogP contribution in [-0.4, -0.2) is 59.3 Å². The molecule has 0 amide bonds. The number of aromatic nitrogens is 3. The summed E-state index contributed by atoms with van der Waals surface area (Å²) in [5, 5.41) is 14.0. The minimum atomic E-state index is -4.25. The molecule has 0 spiro atoms. The highest BCUT2D eigenvalue weighted by Gasteiger charge is 2.41. The van der Waals surface area contributed by atoms with Crippen molar-refractivity contribution < 1.29 is 13.2 Å². The van der Waals surface area contributed by atoms with E-state index < -0.39 is 12.6 Å². The number of aryl methyl sites for hydroxylation is 1. The molecule has 37 heavy (non-hydrogen) atoms. The van der Waals surface area contributed by atoms with Crippen molar-refractivity contribution in [2.24, 2.45) is 11.8 Å². The van der Waals surface area contributed by atoms with Crippen LogP contribution in [0.1, 0.15) is 21.7 Å². The summed E-state index contributed by atoms with van der Waals surface area (Å²) >= 11 is 1.09. The lowest BCUT2D eigenvalue weighted by atomic mass is 10.0. The fourth-order valence-corrected chi connectivity index (χ4v) is 6.91. The molecular weight excluding hydrogens is 499 g/mol. The highest BCUT2D eigenvalue weighted by Crippen LogP contribution is 2.40. The number of likely N-dealkylation sites (tertiary alicyclic amines) is 1. The number of anilines is 2. The first-order valence-electron chi connectivity index (χ1n) is 12.2. The molecule has 7 nitrogen and oxygen atoms in total. The van der Waals surface area contributed by atoms with Crippen molar-refractivity contribution in [1.82, 2.24) is 19.9 Å². The lowest BCUT2D eigenvalue weighted by Gasteiger charge is -2.23. The second kappa shape index (κ2) is 8.89. The monoisotopic (exact) mass is 525 g/mol. The van der Waals surface area contributed by atoms with Gasteiger partial charge in [0, 0.05) is 55.6 Å². The van der Waals surface area contributed by atoms with Gasteiger partial charge in [-0.15, -0.1) is 11.3 Å². The van der Waals surface area contributed by atoms with Gasteiger partial charge in [0.2, 0.25) is 5.95 Å². The summed E-state index contributed by atoms with van der Waals surface area (Å²) in [5.74, 6) is 2.09. The number of hydrogen-bond acceptors (Lipinski definition) is 7. The van der Waals surface area contributed by atoms with Crippen LogP contribution >= 0.6 is 11.3 Å². The third-order valence-electron chi connectivity index (χ3n) is 7.58. The number of halogens is 3. The molecule has 11 heteroatoms. The van der Waals surface area contributed by atoms with Crippen molar-refractivity contribution in [3.63, 3.8) is 0 Å². The summed E-state index contributed by atoms with van der Waals surface area (Å²) in [6.45, 7) is 6.54. The van der Waals surface area contributed by atoms with Crippen molar-refractivity contribution in [2.45, 2.75) is 26.1 Å². The zero-order valence-corrected chi connectivity index (χ0v) is 21.3. The third-order valence-corrected chi connectivity index (χ3v) is 8.61. The van der Waals surface area contributed by atoms with E-state index in [1.54, 1.807) is 13.1 Å². The Morgan fingerprint density at radius 1 is 1.14 bits per heavy atom. The van der Waals surface area contributed by atoms with Crippen molar-refractivity contribution >= 4 is 44.2 Å². The summed E-state index contributed by atoms with van der Waals surface area (Å²) in [4.78, 5) is 17.8. The molecule has 4 aromatic rings. The molecule has 5 heterocycles. The van der Waals surface area contributed by atoms with Gasteiger partial charge in [-0.3, -0.25) is 4.90 Å². The van der Waals surface area contributed by atoms with Crippen LogP contribution in [0.15, 0.2) is 24.3 Å². The molecule has 1 aromatic carbocycles. The number of nitriles is 1. The molecule has 0 saturated carbocycles.